The fourth-order valence-corrected chi connectivity index (χ4v) is 3.36. The van der Waals surface area contributed by atoms with Gasteiger partial charge in [-0.25, -0.2) is 14.8 Å². The van der Waals surface area contributed by atoms with Gasteiger partial charge in [-0.15, -0.1) is 0 Å². The van der Waals surface area contributed by atoms with Gasteiger partial charge < -0.3 is 5.32 Å². The van der Waals surface area contributed by atoms with Crippen LogP contribution in [0.4, 0.5) is 0 Å². The van der Waals surface area contributed by atoms with Crippen LogP contribution in [0.5, 0.6) is 0 Å². The van der Waals surface area contributed by atoms with Crippen molar-refractivity contribution in [3.05, 3.63) is 52.7 Å². The van der Waals surface area contributed by atoms with E-state index in [0.29, 0.717) is 0 Å². The second kappa shape index (κ2) is 7.63. The first-order chi connectivity index (χ1) is 11.7. The average molecular weight is 343 g/mol. The number of benzene rings is 1. The summed E-state index contributed by atoms with van der Waals surface area (Å²) in [6.07, 6.45) is 4.58. The van der Waals surface area contributed by atoms with Gasteiger partial charge in [0.1, 0.15) is 0 Å². The lowest BCUT2D eigenvalue weighted by atomic mass is 10.2. The first kappa shape index (κ1) is 16.7. The number of hydrogen-bond acceptors (Lipinski definition) is 5. The van der Waals surface area contributed by atoms with Gasteiger partial charge in [-0.05, 0) is 36.7 Å². The molecule has 24 heavy (non-hydrogen) atoms. The Morgan fingerprint density at radius 2 is 1.88 bits per heavy atom. The van der Waals surface area contributed by atoms with Crippen LogP contribution in [-0.4, -0.2) is 31.4 Å². The van der Waals surface area contributed by atoms with E-state index >= 15 is 0 Å². The van der Waals surface area contributed by atoms with Crippen LogP contribution in [0.25, 0.3) is 11.0 Å². The van der Waals surface area contributed by atoms with Gasteiger partial charge >= 0.3 is 5.69 Å². The van der Waals surface area contributed by atoms with E-state index in [9.17, 15) is 4.79 Å². The number of aromatic nitrogens is 4. The molecule has 2 heterocycles. The van der Waals surface area contributed by atoms with Crippen LogP contribution in [0.15, 0.2) is 46.6 Å². The predicted octanol–water partition coefficient (Wildman–Crippen LogP) is 1.94. The van der Waals surface area contributed by atoms with E-state index < -0.39 is 0 Å². The van der Waals surface area contributed by atoms with Crippen LogP contribution in [0.2, 0.25) is 0 Å². The summed E-state index contributed by atoms with van der Waals surface area (Å²) in [7, 11) is 3.61. The third kappa shape index (κ3) is 3.68. The average Bonchev–Trinajstić information content (AvgIpc) is 2.83. The maximum atomic E-state index is 11.9. The largest absolute Gasteiger partial charge is 0.328 e. The zero-order chi connectivity index (χ0) is 16.9. The minimum atomic E-state index is 0.00950. The number of imidazole rings is 1. The van der Waals surface area contributed by atoms with Crippen molar-refractivity contribution in [1.29, 1.82) is 0 Å². The van der Waals surface area contributed by atoms with Gasteiger partial charge in [0, 0.05) is 38.8 Å². The van der Waals surface area contributed by atoms with Gasteiger partial charge in [-0.1, -0.05) is 17.8 Å². The van der Waals surface area contributed by atoms with E-state index in [1.54, 1.807) is 40.3 Å². The van der Waals surface area contributed by atoms with E-state index in [2.05, 4.69) is 27.4 Å². The summed E-state index contributed by atoms with van der Waals surface area (Å²) in [5.74, 6) is 0.989. The third-order valence-corrected chi connectivity index (χ3v) is 4.90. The zero-order valence-electron chi connectivity index (χ0n) is 13.9. The van der Waals surface area contributed by atoms with E-state index in [-0.39, 0.29) is 5.69 Å². The molecule has 6 nitrogen and oxygen atoms in total. The molecule has 0 bridgehead atoms. The van der Waals surface area contributed by atoms with Crippen molar-refractivity contribution < 1.29 is 0 Å². The number of thioether (sulfide) groups is 1. The fraction of sp³-hybridized carbons (Fsp3) is 0.353. The number of rotatable bonds is 7. The van der Waals surface area contributed by atoms with Crippen LogP contribution in [0, 0.1) is 0 Å². The minimum Gasteiger partial charge on any atom is -0.313 e. The molecule has 7 heteroatoms. The maximum absolute atomic E-state index is 11.9. The van der Waals surface area contributed by atoms with Crippen LogP contribution in [-0.2, 0) is 20.6 Å². The molecule has 1 N–H and O–H groups in total. The lowest BCUT2D eigenvalue weighted by Crippen LogP contribution is -2.19. The SMILES string of the molecule is Cn1c(=O)n(C)c2cc(CNCCCSc3ncccn3)ccc21. The Balaban J connectivity index is 1.48. The monoisotopic (exact) mass is 343 g/mol. The number of hydrogen-bond donors (Lipinski definition) is 1. The topological polar surface area (TPSA) is 64.7 Å². The third-order valence-electron chi connectivity index (χ3n) is 3.94. The molecule has 0 atom stereocenters. The summed E-state index contributed by atoms with van der Waals surface area (Å²) >= 11 is 1.67. The second-order valence-corrected chi connectivity index (χ2v) is 6.70. The normalized spacial score (nSPS) is 11.2. The molecular weight excluding hydrogens is 322 g/mol. The molecule has 3 aromatic rings. The van der Waals surface area contributed by atoms with Gasteiger partial charge in [0.05, 0.1) is 11.0 Å². The summed E-state index contributed by atoms with van der Waals surface area (Å²) in [4.78, 5) is 20.3. The van der Waals surface area contributed by atoms with E-state index in [1.807, 2.05) is 19.2 Å². The molecule has 0 spiro atoms. The second-order valence-electron chi connectivity index (χ2n) is 5.63. The number of aryl methyl sites for hydroxylation is 2. The zero-order valence-corrected chi connectivity index (χ0v) is 14.7. The molecular formula is C17H21N5OS. The molecule has 1 aromatic carbocycles. The summed E-state index contributed by atoms with van der Waals surface area (Å²) < 4.78 is 3.37. The standard InChI is InChI=1S/C17H21N5OS/c1-21-14-6-5-13(11-15(14)22(2)17(21)23)12-18-7-4-10-24-16-19-8-3-9-20-16/h3,5-6,8-9,11,18H,4,7,10,12H2,1-2H3. The lowest BCUT2D eigenvalue weighted by Gasteiger charge is -2.06. The van der Waals surface area contributed by atoms with Crippen LogP contribution >= 0.6 is 11.8 Å². The first-order valence-electron chi connectivity index (χ1n) is 7.91. The predicted molar refractivity (Wildman–Crippen MR) is 97.2 cm³/mol. The Labute approximate surface area is 144 Å². The molecule has 0 saturated heterocycles. The van der Waals surface area contributed by atoms with Crippen LogP contribution in [0.3, 0.4) is 0 Å². The van der Waals surface area contributed by atoms with Gasteiger partial charge in [0.15, 0.2) is 5.16 Å². The Morgan fingerprint density at radius 3 is 2.67 bits per heavy atom. The van der Waals surface area contributed by atoms with Crippen molar-refractivity contribution >= 4 is 22.8 Å². The van der Waals surface area contributed by atoms with Crippen molar-refractivity contribution in [3.63, 3.8) is 0 Å². The quantitative estimate of drug-likeness (QED) is 0.403. The lowest BCUT2D eigenvalue weighted by molar-refractivity contribution is 0.678. The molecule has 0 aliphatic heterocycles. The van der Waals surface area contributed by atoms with Gasteiger partial charge in [0.25, 0.3) is 0 Å². The van der Waals surface area contributed by atoms with Crippen molar-refractivity contribution in [2.24, 2.45) is 14.1 Å². The van der Waals surface area contributed by atoms with E-state index in [0.717, 1.165) is 41.5 Å². The van der Waals surface area contributed by atoms with Gasteiger partial charge in [-0.2, -0.15) is 0 Å². The molecule has 3 rings (SSSR count). The number of nitrogens with zero attached hydrogens (tertiary/aromatic N) is 4. The number of nitrogens with one attached hydrogen (secondary N) is 1. The Bertz CT molecular complexity index is 872. The van der Waals surface area contributed by atoms with Crippen molar-refractivity contribution in [1.82, 2.24) is 24.4 Å². The highest BCUT2D eigenvalue weighted by atomic mass is 32.2. The molecule has 0 saturated carbocycles. The molecule has 0 amide bonds. The molecule has 2 aromatic heterocycles. The fourth-order valence-electron chi connectivity index (χ4n) is 2.62. The summed E-state index contributed by atoms with van der Waals surface area (Å²) in [6.45, 7) is 1.73. The molecule has 0 radical (unpaired) electrons. The van der Waals surface area contributed by atoms with E-state index in [1.165, 1.54) is 5.56 Å². The highest BCUT2D eigenvalue weighted by Crippen LogP contribution is 2.14. The van der Waals surface area contributed by atoms with Crippen molar-refractivity contribution in [2.45, 2.75) is 18.1 Å². The van der Waals surface area contributed by atoms with Crippen LogP contribution in [0.1, 0.15) is 12.0 Å². The first-order valence-corrected chi connectivity index (χ1v) is 8.90. The highest BCUT2D eigenvalue weighted by Gasteiger charge is 2.07. The van der Waals surface area contributed by atoms with Gasteiger partial charge in [-0.3, -0.25) is 9.13 Å². The number of fused-ring (bicyclic) bond motifs is 1. The molecule has 0 unspecified atom stereocenters. The van der Waals surface area contributed by atoms with Gasteiger partial charge in [0.2, 0.25) is 0 Å². The molecule has 126 valence electrons. The summed E-state index contributed by atoms with van der Waals surface area (Å²) in [5.41, 5.74) is 3.13. The van der Waals surface area contributed by atoms with Crippen molar-refractivity contribution in [2.75, 3.05) is 12.3 Å². The van der Waals surface area contributed by atoms with E-state index in [4.69, 9.17) is 0 Å². The summed E-state index contributed by atoms with van der Waals surface area (Å²) in [6, 6.07) is 7.99. The minimum absolute atomic E-state index is 0.00950. The Morgan fingerprint density at radius 1 is 1.12 bits per heavy atom. The van der Waals surface area contributed by atoms with Crippen LogP contribution < -0.4 is 11.0 Å². The molecule has 0 aliphatic carbocycles. The smallest absolute Gasteiger partial charge is 0.313 e. The molecule has 0 aliphatic rings. The van der Waals surface area contributed by atoms with Crippen molar-refractivity contribution in [3.8, 4) is 0 Å². The Hall–Kier alpha value is -2.12. The molecule has 0 fully saturated rings. The highest BCUT2D eigenvalue weighted by molar-refractivity contribution is 7.99. The summed E-state index contributed by atoms with van der Waals surface area (Å²) in [5, 5.41) is 4.27. The maximum Gasteiger partial charge on any atom is 0.328 e. The Kier molecular flexibility index (Phi) is 5.32.